The lowest BCUT2D eigenvalue weighted by Crippen LogP contribution is -2.49. The fraction of sp³-hybridized carbons (Fsp3) is 0.412. The number of aromatic nitrogens is 2. The topological polar surface area (TPSA) is 41.4 Å². The summed E-state index contributed by atoms with van der Waals surface area (Å²) in [5.74, 6) is 0.138. The zero-order chi connectivity index (χ0) is 16.2. The van der Waals surface area contributed by atoms with E-state index >= 15 is 0 Å². The highest BCUT2D eigenvalue weighted by Gasteiger charge is 2.21. The summed E-state index contributed by atoms with van der Waals surface area (Å²) in [5.41, 5.74) is 2.19. The lowest BCUT2D eigenvalue weighted by Gasteiger charge is -2.34. The fourth-order valence-electron chi connectivity index (χ4n) is 2.79. The van der Waals surface area contributed by atoms with Crippen molar-refractivity contribution >= 4 is 17.5 Å². The first-order chi connectivity index (χ1) is 11.1. The van der Waals surface area contributed by atoms with Gasteiger partial charge in [0.25, 0.3) is 0 Å². The summed E-state index contributed by atoms with van der Waals surface area (Å²) in [6, 6.07) is 9.86. The van der Waals surface area contributed by atoms with Crippen LogP contribution >= 0.6 is 11.6 Å². The minimum atomic E-state index is 0.138. The Kier molecular flexibility index (Phi) is 4.98. The molecule has 1 aromatic heterocycles. The number of nitrogens with zero attached hydrogens (tertiary/aromatic N) is 4. The average molecular weight is 333 g/mol. The van der Waals surface area contributed by atoms with Crippen LogP contribution < -0.4 is 0 Å². The van der Waals surface area contributed by atoms with Gasteiger partial charge in [0.2, 0.25) is 5.91 Å². The Morgan fingerprint density at radius 1 is 1.13 bits per heavy atom. The molecular formula is C17H21ClN4O. The van der Waals surface area contributed by atoms with Crippen molar-refractivity contribution in [1.82, 2.24) is 19.6 Å². The largest absolute Gasteiger partial charge is 0.339 e. The van der Waals surface area contributed by atoms with E-state index in [1.807, 2.05) is 36.2 Å². The summed E-state index contributed by atoms with van der Waals surface area (Å²) in [6.45, 7) is 6.48. The van der Waals surface area contributed by atoms with Crippen LogP contribution in [-0.4, -0.2) is 51.7 Å². The van der Waals surface area contributed by atoms with Crippen LogP contribution in [0.25, 0.3) is 0 Å². The van der Waals surface area contributed by atoms with Gasteiger partial charge in [-0.15, -0.1) is 0 Å². The molecule has 3 rings (SSSR count). The molecule has 2 aromatic rings. The molecule has 1 saturated heterocycles. The van der Waals surface area contributed by atoms with Gasteiger partial charge in [-0.2, -0.15) is 5.10 Å². The van der Waals surface area contributed by atoms with Gasteiger partial charge in [0.05, 0.1) is 5.69 Å². The van der Waals surface area contributed by atoms with Crippen molar-refractivity contribution < 1.29 is 4.79 Å². The second-order valence-corrected chi connectivity index (χ2v) is 6.37. The minimum absolute atomic E-state index is 0.138. The molecule has 122 valence electrons. The number of halogens is 1. The van der Waals surface area contributed by atoms with E-state index in [-0.39, 0.29) is 5.91 Å². The standard InChI is InChI=1S/C17H21ClN4O/c1-14-6-7-22(19-14)13-17(23)21-10-8-20(9-11-21)12-15-2-4-16(18)5-3-15/h2-7H,8-13H2,1H3. The van der Waals surface area contributed by atoms with Crippen LogP contribution in [0.3, 0.4) is 0 Å². The van der Waals surface area contributed by atoms with E-state index in [0.717, 1.165) is 43.4 Å². The Morgan fingerprint density at radius 2 is 1.83 bits per heavy atom. The fourth-order valence-corrected chi connectivity index (χ4v) is 2.92. The quantitative estimate of drug-likeness (QED) is 0.862. The Labute approximate surface area is 141 Å². The predicted octanol–water partition coefficient (Wildman–Crippen LogP) is 2.19. The molecule has 0 saturated carbocycles. The van der Waals surface area contributed by atoms with E-state index in [9.17, 15) is 4.79 Å². The third-order valence-electron chi connectivity index (χ3n) is 4.12. The Bertz CT molecular complexity index is 659. The molecule has 0 bridgehead atoms. The van der Waals surface area contributed by atoms with Gasteiger partial charge < -0.3 is 4.90 Å². The SMILES string of the molecule is Cc1ccn(CC(=O)N2CCN(Cc3ccc(Cl)cc3)CC2)n1. The molecule has 1 aliphatic rings. The summed E-state index contributed by atoms with van der Waals surface area (Å²) >= 11 is 5.91. The molecule has 6 heteroatoms. The van der Waals surface area contributed by atoms with Crippen LogP contribution in [0.5, 0.6) is 0 Å². The third-order valence-corrected chi connectivity index (χ3v) is 4.37. The summed E-state index contributed by atoms with van der Waals surface area (Å²) < 4.78 is 1.71. The van der Waals surface area contributed by atoms with Crippen LogP contribution in [0.2, 0.25) is 5.02 Å². The first-order valence-corrected chi connectivity index (χ1v) is 8.22. The molecule has 0 N–H and O–H groups in total. The van der Waals surface area contributed by atoms with E-state index in [4.69, 9.17) is 11.6 Å². The van der Waals surface area contributed by atoms with Gasteiger partial charge in [0.1, 0.15) is 6.54 Å². The van der Waals surface area contributed by atoms with Gasteiger partial charge in [-0.3, -0.25) is 14.4 Å². The van der Waals surface area contributed by atoms with Gasteiger partial charge in [0, 0.05) is 43.9 Å². The first-order valence-electron chi connectivity index (χ1n) is 7.85. The molecule has 1 amide bonds. The van der Waals surface area contributed by atoms with E-state index in [1.165, 1.54) is 5.56 Å². The lowest BCUT2D eigenvalue weighted by atomic mass is 10.2. The number of aryl methyl sites for hydroxylation is 1. The highest BCUT2D eigenvalue weighted by molar-refractivity contribution is 6.30. The number of benzene rings is 1. The molecule has 1 fully saturated rings. The number of carbonyl (C=O) groups excluding carboxylic acids is 1. The number of carbonyl (C=O) groups is 1. The van der Waals surface area contributed by atoms with Gasteiger partial charge in [-0.1, -0.05) is 23.7 Å². The van der Waals surface area contributed by atoms with Crippen molar-refractivity contribution in [2.45, 2.75) is 20.0 Å². The molecule has 0 radical (unpaired) electrons. The zero-order valence-corrected chi connectivity index (χ0v) is 14.0. The molecule has 0 atom stereocenters. The number of hydrogen-bond acceptors (Lipinski definition) is 3. The predicted molar refractivity (Wildman–Crippen MR) is 90.3 cm³/mol. The zero-order valence-electron chi connectivity index (χ0n) is 13.3. The highest BCUT2D eigenvalue weighted by Crippen LogP contribution is 2.13. The van der Waals surface area contributed by atoms with Crippen LogP contribution in [-0.2, 0) is 17.9 Å². The van der Waals surface area contributed by atoms with Gasteiger partial charge >= 0.3 is 0 Å². The van der Waals surface area contributed by atoms with Gasteiger partial charge in [-0.25, -0.2) is 0 Å². The minimum Gasteiger partial charge on any atom is -0.339 e. The molecule has 2 heterocycles. The van der Waals surface area contributed by atoms with Crippen molar-refractivity contribution in [2.75, 3.05) is 26.2 Å². The monoisotopic (exact) mass is 332 g/mol. The Morgan fingerprint density at radius 3 is 2.43 bits per heavy atom. The molecule has 0 unspecified atom stereocenters. The van der Waals surface area contributed by atoms with E-state index in [0.29, 0.717) is 6.54 Å². The van der Waals surface area contributed by atoms with Crippen molar-refractivity contribution in [2.24, 2.45) is 0 Å². The van der Waals surface area contributed by atoms with Crippen molar-refractivity contribution in [3.05, 3.63) is 52.8 Å². The summed E-state index contributed by atoms with van der Waals surface area (Å²) in [7, 11) is 0. The normalized spacial score (nSPS) is 15.8. The molecule has 0 aliphatic carbocycles. The van der Waals surface area contributed by atoms with Crippen LogP contribution in [0.4, 0.5) is 0 Å². The smallest absolute Gasteiger partial charge is 0.244 e. The van der Waals surface area contributed by atoms with Crippen molar-refractivity contribution in [1.29, 1.82) is 0 Å². The maximum atomic E-state index is 12.3. The highest BCUT2D eigenvalue weighted by atomic mass is 35.5. The van der Waals surface area contributed by atoms with E-state index < -0.39 is 0 Å². The second-order valence-electron chi connectivity index (χ2n) is 5.94. The van der Waals surface area contributed by atoms with Crippen molar-refractivity contribution in [3.8, 4) is 0 Å². The Hall–Kier alpha value is -1.85. The van der Waals surface area contributed by atoms with Crippen LogP contribution in [0.1, 0.15) is 11.3 Å². The summed E-state index contributed by atoms with van der Waals surface area (Å²) in [4.78, 5) is 16.6. The maximum absolute atomic E-state index is 12.3. The molecule has 1 aromatic carbocycles. The van der Waals surface area contributed by atoms with Crippen LogP contribution in [0.15, 0.2) is 36.5 Å². The Balaban J connectivity index is 1.48. The summed E-state index contributed by atoms with van der Waals surface area (Å²) in [5, 5.41) is 5.03. The van der Waals surface area contributed by atoms with Gasteiger partial charge in [0.15, 0.2) is 0 Å². The molecule has 0 spiro atoms. The molecule has 23 heavy (non-hydrogen) atoms. The molecule has 5 nitrogen and oxygen atoms in total. The van der Waals surface area contributed by atoms with E-state index in [2.05, 4.69) is 22.1 Å². The average Bonchev–Trinajstić information content (AvgIpc) is 2.95. The maximum Gasteiger partial charge on any atom is 0.244 e. The molecule has 1 aliphatic heterocycles. The molecular weight excluding hydrogens is 312 g/mol. The van der Waals surface area contributed by atoms with Crippen LogP contribution in [0, 0.1) is 6.92 Å². The number of rotatable bonds is 4. The number of hydrogen-bond donors (Lipinski definition) is 0. The number of piperazine rings is 1. The number of amides is 1. The third kappa shape index (κ3) is 4.33. The second kappa shape index (κ2) is 7.15. The lowest BCUT2D eigenvalue weighted by molar-refractivity contribution is -0.133. The van der Waals surface area contributed by atoms with Gasteiger partial charge in [-0.05, 0) is 30.7 Å². The van der Waals surface area contributed by atoms with E-state index in [1.54, 1.807) is 4.68 Å². The van der Waals surface area contributed by atoms with Crippen molar-refractivity contribution in [3.63, 3.8) is 0 Å². The summed E-state index contributed by atoms with van der Waals surface area (Å²) in [6.07, 6.45) is 1.85. The first kappa shape index (κ1) is 16.0.